The van der Waals surface area contributed by atoms with Crippen LogP contribution in [-0.2, 0) is 23.0 Å². The highest BCUT2D eigenvalue weighted by Crippen LogP contribution is 2.20. The Hall–Kier alpha value is -2.96. The molecule has 0 atom stereocenters. The molecule has 0 unspecified atom stereocenters. The quantitative estimate of drug-likeness (QED) is 0.454. The van der Waals surface area contributed by atoms with Crippen LogP contribution >= 0.6 is 0 Å². The summed E-state index contributed by atoms with van der Waals surface area (Å²) in [4.78, 5) is 14.5. The monoisotopic (exact) mass is 450 g/mol. The summed E-state index contributed by atoms with van der Waals surface area (Å²) in [5.41, 5.74) is 2.50. The van der Waals surface area contributed by atoms with E-state index in [9.17, 15) is 13.2 Å². The van der Waals surface area contributed by atoms with Crippen molar-refractivity contribution < 1.29 is 13.2 Å². The zero-order chi connectivity index (χ0) is 23.0. The van der Waals surface area contributed by atoms with Crippen LogP contribution in [0.2, 0.25) is 0 Å². The highest BCUT2D eigenvalue weighted by Gasteiger charge is 2.25. The summed E-state index contributed by atoms with van der Waals surface area (Å²) in [5, 5.41) is 0. The molecule has 1 amide bonds. The van der Waals surface area contributed by atoms with Crippen LogP contribution in [0.5, 0.6) is 0 Å². The van der Waals surface area contributed by atoms with Crippen molar-refractivity contribution in [2.75, 3.05) is 19.6 Å². The van der Waals surface area contributed by atoms with E-state index in [4.69, 9.17) is 0 Å². The summed E-state index contributed by atoms with van der Waals surface area (Å²) >= 11 is 0. The Labute approximate surface area is 191 Å². The molecule has 6 heteroatoms. The summed E-state index contributed by atoms with van der Waals surface area (Å²) in [6, 6.07) is 25.7. The van der Waals surface area contributed by atoms with Gasteiger partial charge in [-0.3, -0.25) is 4.79 Å². The van der Waals surface area contributed by atoms with E-state index in [1.54, 1.807) is 17.0 Å². The summed E-state index contributed by atoms with van der Waals surface area (Å²) in [5.74, 6) is -0.0934. The number of hydrogen-bond acceptors (Lipinski definition) is 3. The van der Waals surface area contributed by atoms with Crippen molar-refractivity contribution in [2.45, 2.75) is 31.7 Å². The third-order valence-corrected chi connectivity index (χ3v) is 7.34. The highest BCUT2D eigenvalue weighted by molar-refractivity contribution is 7.89. The minimum atomic E-state index is -3.73. The first-order chi connectivity index (χ1) is 15.5. The van der Waals surface area contributed by atoms with Gasteiger partial charge in [-0.1, -0.05) is 60.7 Å². The Morgan fingerprint density at radius 1 is 0.750 bits per heavy atom. The third-order valence-electron chi connectivity index (χ3n) is 5.48. The molecule has 5 nitrogen and oxygen atoms in total. The fraction of sp³-hybridized carbons (Fsp3) is 0.269. The molecule has 0 aliphatic heterocycles. The summed E-state index contributed by atoms with van der Waals surface area (Å²) in [7, 11) is -3.73. The maximum atomic E-state index is 13.5. The number of rotatable bonds is 10. The minimum absolute atomic E-state index is 0.0934. The van der Waals surface area contributed by atoms with Gasteiger partial charge in [0.05, 0.1) is 4.90 Å². The van der Waals surface area contributed by atoms with Crippen molar-refractivity contribution in [2.24, 2.45) is 0 Å². The van der Waals surface area contributed by atoms with E-state index in [-0.39, 0.29) is 17.3 Å². The van der Waals surface area contributed by atoms with Gasteiger partial charge in [0.25, 0.3) is 5.91 Å². The lowest BCUT2D eigenvalue weighted by atomic mass is 10.1. The molecule has 32 heavy (non-hydrogen) atoms. The van der Waals surface area contributed by atoms with Gasteiger partial charge in [-0.15, -0.1) is 0 Å². The number of amides is 1. The largest absolute Gasteiger partial charge is 0.339 e. The lowest BCUT2D eigenvalue weighted by molar-refractivity contribution is 0.0773. The van der Waals surface area contributed by atoms with Gasteiger partial charge < -0.3 is 4.90 Å². The van der Waals surface area contributed by atoms with Crippen molar-refractivity contribution in [3.63, 3.8) is 0 Å². The number of carbonyl (C=O) groups is 1. The molecule has 0 saturated carbocycles. The summed E-state index contributed by atoms with van der Waals surface area (Å²) < 4.78 is 28.5. The molecule has 0 aromatic heterocycles. The molecule has 3 rings (SSSR count). The van der Waals surface area contributed by atoms with Crippen molar-refractivity contribution >= 4 is 15.9 Å². The first-order valence-electron chi connectivity index (χ1n) is 10.9. The van der Waals surface area contributed by atoms with Crippen LogP contribution in [0.3, 0.4) is 0 Å². The van der Waals surface area contributed by atoms with Crippen LogP contribution in [0, 0.1) is 0 Å². The zero-order valence-electron chi connectivity index (χ0n) is 18.6. The lowest BCUT2D eigenvalue weighted by Gasteiger charge is -2.23. The summed E-state index contributed by atoms with van der Waals surface area (Å²) in [6.45, 7) is 5.72. The van der Waals surface area contributed by atoms with Crippen LogP contribution in [0.25, 0.3) is 0 Å². The van der Waals surface area contributed by atoms with E-state index in [0.717, 1.165) is 11.1 Å². The minimum Gasteiger partial charge on any atom is -0.339 e. The molecule has 0 aliphatic rings. The third kappa shape index (κ3) is 5.84. The molecule has 3 aromatic rings. The van der Waals surface area contributed by atoms with E-state index >= 15 is 0 Å². The molecule has 0 spiro atoms. The Bertz CT molecular complexity index is 1090. The molecule has 168 valence electrons. The average molecular weight is 451 g/mol. The van der Waals surface area contributed by atoms with Crippen LogP contribution < -0.4 is 0 Å². The molecule has 0 radical (unpaired) electrons. The van der Waals surface area contributed by atoms with Crippen molar-refractivity contribution in [1.29, 1.82) is 0 Å². The zero-order valence-corrected chi connectivity index (χ0v) is 19.5. The Balaban J connectivity index is 1.85. The number of carbonyl (C=O) groups excluding carboxylic acids is 1. The number of sulfonamides is 1. The first kappa shape index (κ1) is 23.7. The molecule has 0 N–H and O–H groups in total. The van der Waals surface area contributed by atoms with Crippen LogP contribution in [0.15, 0.2) is 89.8 Å². The normalized spacial score (nSPS) is 11.5. The molecular formula is C26H30N2O3S. The predicted molar refractivity (Wildman–Crippen MR) is 128 cm³/mol. The second kappa shape index (κ2) is 11.1. The fourth-order valence-corrected chi connectivity index (χ4v) is 5.01. The maximum Gasteiger partial charge on any atom is 0.253 e. The highest BCUT2D eigenvalue weighted by atomic mass is 32.2. The smallest absolute Gasteiger partial charge is 0.253 e. The van der Waals surface area contributed by atoms with Crippen LogP contribution in [-0.4, -0.2) is 43.2 Å². The lowest BCUT2D eigenvalue weighted by Crippen LogP contribution is -2.33. The average Bonchev–Trinajstić information content (AvgIpc) is 2.83. The first-order valence-corrected chi connectivity index (χ1v) is 12.4. The fourth-order valence-electron chi connectivity index (χ4n) is 3.58. The predicted octanol–water partition coefficient (Wildman–Crippen LogP) is 4.60. The van der Waals surface area contributed by atoms with E-state index in [0.29, 0.717) is 31.6 Å². The Morgan fingerprint density at radius 3 is 1.81 bits per heavy atom. The van der Waals surface area contributed by atoms with Crippen molar-refractivity contribution in [3.8, 4) is 0 Å². The molecule has 0 fully saturated rings. The molecule has 0 saturated heterocycles. The second-order valence-electron chi connectivity index (χ2n) is 7.56. The molecule has 0 bridgehead atoms. The van der Waals surface area contributed by atoms with E-state index in [1.165, 1.54) is 16.4 Å². The Kier molecular flexibility index (Phi) is 8.20. The van der Waals surface area contributed by atoms with E-state index in [1.807, 2.05) is 74.5 Å². The van der Waals surface area contributed by atoms with Crippen molar-refractivity contribution in [3.05, 3.63) is 102 Å². The van der Waals surface area contributed by atoms with Crippen LogP contribution in [0.1, 0.15) is 35.3 Å². The van der Waals surface area contributed by atoms with Gasteiger partial charge >= 0.3 is 0 Å². The molecule has 0 aliphatic carbocycles. The van der Waals surface area contributed by atoms with Gasteiger partial charge in [-0.2, -0.15) is 4.31 Å². The molecule has 0 heterocycles. The Morgan fingerprint density at radius 2 is 1.28 bits per heavy atom. The van der Waals surface area contributed by atoms with Gasteiger partial charge in [0.2, 0.25) is 10.0 Å². The number of benzene rings is 3. The molecule has 3 aromatic carbocycles. The van der Waals surface area contributed by atoms with Gasteiger partial charge in [0.1, 0.15) is 0 Å². The number of hydrogen-bond donors (Lipinski definition) is 0. The van der Waals surface area contributed by atoms with E-state index < -0.39 is 10.0 Å². The second-order valence-corrected chi connectivity index (χ2v) is 9.50. The molecular weight excluding hydrogens is 420 g/mol. The summed E-state index contributed by atoms with van der Waals surface area (Å²) in [6.07, 6.45) is 0.617. The SMILES string of the molecule is CCN(CC)C(=O)c1ccc(S(=O)(=O)N(CCc2ccccc2)Cc2ccccc2)cc1. The topological polar surface area (TPSA) is 57.7 Å². The maximum absolute atomic E-state index is 13.5. The van der Waals surface area contributed by atoms with Crippen molar-refractivity contribution in [1.82, 2.24) is 9.21 Å². The standard InChI is InChI=1S/C26H30N2O3S/c1-3-27(4-2)26(29)24-15-17-25(18-16-24)32(30,31)28(21-23-13-9-6-10-14-23)20-19-22-11-7-5-8-12-22/h5-18H,3-4,19-21H2,1-2H3. The van der Waals surface area contributed by atoms with Gasteiger partial charge in [-0.25, -0.2) is 8.42 Å². The van der Waals surface area contributed by atoms with Gasteiger partial charge in [0, 0.05) is 31.7 Å². The van der Waals surface area contributed by atoms with Gasteiger partial charge in [0.15, 0.2) is 0 Å². The van der Waals surface area contributed by atoms with Gasteiger partial charge in [-0.05, 0) is 55.7 Å². The van der Waals surface area contributed by atoms with E-state index in [2.05, 4.69) is 0 Å². The van der Waals surface area contributed by atoms with Crippen LogP contribution in [0.4, 0.5) is 0 Å². The number of nitrogens with zero attached hydrogens (tertiary/aromatic N) is 2.